The monoisotopic (exact) mass is 343 g/mol. The summed E-state index contributed by atoms with van der Waals surface area (Å²) in [7, 11) is 0. The lowest BCUT2D eigenvalue weighted by Crippen LogP contribution is -2.31. The molecular formula is C16H23BrClN. The highest BCUT2D eigenvalue weighted by Crippen LogP contribution is 2.38. The third-order valence-corrected chi connectivity index (χ3v) is 5.47. The first-order chi connectivity index (χ1) is 8.86. The number of hydrogen-bond acceptors (Lipinski definition) is 1. The van der Waals surface area contributed by atoms with Crippen LogP contribution in [0.1, 0.15) is 46.5 Å². The predicted molar refractivity (Wildman–Crippen MR) is 88.0 cm³/mol. The minimum absolute atomic E-state index is 0.450. The van der Waals surface area contributed by atoms with Crippen molar-refractivity contribution in [3.8, 4) is 0 Å². The van der Waals surface area contributed by atoms with Gasteiger partial charge in [0.25, 0.3) is 0 Å². The second kappa shape index (κ2) is 6.05. The van der Waals surface area contributed by atoms with Crippen LogP contribution in [-0.2, 0) is 0 Å². The van der Waals surface area contributed by atoms with Gasteiger partial charge in [0.05, 0.1) is 5.02 Å². The topological polar surface area (TPSA) is 12.0 Å². The summed E-state index contributed by atoms with van der Waals surface area (Å²) in [5.74, 6) is 0.860. The number of anilines is 1. The fourth-order valence-electron chi connectivity index (χ4n) is 2.93. The van der Waals surface area contributed by atoms with Crippen molar-refractivity contribution in [2.75, 3.05) is 5.32 Å². The van der Waals surface area contributed by atoms with Crippen molar-refractivity contribution < 1.29 is 0 Å². The maximum Gasteiger partial charge on any atom is 0.0568 e. The highest BCUT2D eigenvalue weighted by Gasteiger charge is 2.29. The molecule has 1 N–H and O–H groups in total. The molecule has 19 heavy (non-hydrogen) atoms. The highest BCUT2D eigenvalue weighted by molar-refractivity contribution is 9.10. The third kappa shape index (κ3) is 4.13. The molecule has 1 aliphatic carbocycles. The molecule has 106 valence electrons. The standard InChI is InChI=1S/C16H23BrClN/c1-16(2,3)11-4-6-12(7-5-11)19-13-8-9-14(17)15(18)10-13/h8-12,19H,4-7H2,1-3H3. The van der Waals surface area contributed by atoms with Gasteiger partial charge in [-0.1, -0.05) is 32.4 Å². The average molecular weight is 345 g/mol. The number of halogens is 2. The number of benzene rings is 1. The summed E-state index contributed by atoms with van der Waals surface area (Å²) in [6.45, 7) is 7.08. The minimum atomic E-state index is 0.450. The zero-order valence-electron chi connectivity index (χ0n) is 12.0. The van der Waals surface area contributed by atoms with Crippen LogP contribution in [0.3, 0.4) is 0 Å². The lowest BCUT2D eigenvalue weighted by Gasteiger charge is -2.37. The summed E-state index contributed by atoms with van der Waals surface area (Å²) in [4.78, 5) is 0. The summed E-state index contributed by atoms with van der Waals surface area (Å²) in [6, 6.07) is 6.69. The van der Waals surface area contributed by atoms with Crippen molar-refractivity contribution in [2.45, 2.75) is 52.5 Å². The van der Waals surface area contributed by atoms with Crippen LogP contribution in [0.4, 0.5) is 5.69 Å². The van der Waals surface area contributed by atoms with Crippen LogP contribution >= 0.6 is 27.5 Å². The van der Waals surface area contributed by atoms with E-state index in [1.54, 1.807) is 0 Å². The molecule has 3 heteroatoms. The van der Waals surface area contributed by atoms with E-state index < -0.39 is 0 Å². The number of rotatable bonds is 2. The van der Waals surface area contributed by atoms with Crippen molar-refractivity contribution in [3.63, 3.8) is 0 Å². The maximum absolute atomic E-state index is 6.13. The zero-order valence-corrected chi connectivity index (χ0v) is 14.3. The Kier molecular flexibility index (Phi) is 4.84. The Hall–Kier alpha value is -0.210. The van der Waals surface area contributed by atoms with Crippen molar-refractivity contribution in [3.05, 3.63) is 27.7 Å². The molecule has 1 aromatic rings. The van der Waals surface area contributed by atoms with E-state index in [2.05, 4.69) is 48.1 Å². The predicted octanol–water partition coefficient (Wildman–Crippen LogP) is 6.12. The van der Waals surface area contributed by atoms with Crippen LogP contribution in [0, 0.1) is 11.3 Å². The third-order valence-electron chi connectivity index (χ3n) is 4.24. The van der Waals surface area contributed by atoms with Crippen LogP contribution in [0.15, 0.2) is 22.7 Å². The van der Waals surface area contributed by atoms with Gasteiger partial charge in [-0.15, -0.1) is 0 Å². The van der Waals surface area contributed by atoms with E-state index in [-0.39, 0.29) is 0 Å². The fraction of sp³-hybridized carbons (Fsp3) is 0.625. The molecule has 2 rings (SSSR count). The van der Waals surface area contributed by atoms with Gasteiger partial charge in [-0.3, -0.25) is 0 Å². The van der Waals surface area contributed by atoms with Gasteiger partial charge < -0.3 is 5.32 Å². The Morgan fingerprint density at radius 2 is 1.79 bits per heavy atom. The largest absolute Gasteiger partial charge is 0.382 e. The van der Waals surface area contributed by atoms with Crippen molar-refractivity contribution in [2.24, 2.45) is 11.3 Å². The molecule has 0 amide bonds. The van der Waals surface area contributed by atoms with Crippen LogP contribution < -0.4 is 5.32 Å². The highest BCUT2D eigenvalue weighted by atomic mass is 79.9. The normalized spacial score (nSPS) is 24.3. The lowest BCUT2D eigenvalue weighted by molar-refractivity contribution is 0.173. The maximum atomic E-state index is 6.13. The molecule has 0 radical (unpaired) electrons. The quantitative estimate of drug-likeness (QED) is 0.681. The number of nitrogens with one attached hydrogen (secondary N) is 1. The summed E-state index contributed by atoms with van der Waals surface area (Å²) in [6.07, 6.45) is 5.17. The molecule has 0 saturated heterocycles. The molecule has 1 aromatic carbocycles. The van der Waals surface area contributed by atoms with Gasteiger partial charge in [0.15, 0.2) is 0 Å². The first-order valence-electron chi connectivity index (χ1n) is 7.08. The van der Waals surface area contributed by atoms with Crippen LogP contribution in [0.2, 0.25) is 5.02 Å². The second-order valence-electron chi connectivity index (χ2n) is 6.69. The van der Waals surface area contributed by atoms with Crippen LogP contribution in [0.25, 0.3) is 0 Å². The first-order valence-corrected chi connectivity index (χ1v) is 8.25. The molecule has 0 heterocycles. The van der Waals surface area contributed by atoms with Gasteiger partial charge in [-0.05, 0) is 71.1 Å². The van der Waals surface area contributed by atoms with Crippen molar-refractivity contribution in [1.29, 1.82) is 0 Å². The molecule has 0 aromatic heterocycles. The summed E-state index contributed by atoms with van der Waals surface area (Å²) < 4.78 is 0.955. The van der Waals surface area contributed by atoms with E-state index >= 15 is 0 Å². The molecule has 1 nitrogen and oxygen atoms in total. The Morgan fingerprint density at radius 1 is 1.16 bits per heavy atom. The van der Waals surface area contributed by atoms with Crippen LogP contribution in [-0.4, -0.2) is 6.04 Å². The van der Waals surface area contributed by atoms with Crippen LogP contribution in [0.5, 0.6) is 0 Å². The molecule has 1 saturated carbocycles. The Bertz CT molecular complexity index is 431. The van der Waals surface area contributed by atoms with Gasteiger partial charge in [-0.2, -0.15) is 0 Å². The van der Waals surface area contributed by atoms with Crippen molar-refractivity contribution >= 4 is 33.2 Å². The molecular weight excluding hydrogens is 322 g/mol. The first kappa shape index (κ1) is 15.2. The molecule has 1 fully saturated rings. The van der Waals surface area contributed by atoms with Gasteiger partial charge in [0, 0.05) is 16.2 Å². The molecule has 0 spiro atoms. The molecule has 0 bridgehead atoms. The van der Waals surface area contributed by atoms with Crippen molar-refractivity contribution in [1.82, 2.24) is 0 Å². The number of hydrogen-bond donors (Lipinski definition) is 1. The Balaban J connectivity index is 1.90. The molecule has 1 aliphatic rings. The van der Waals surface area contributed by atoms with E-state index in [4.69, 9.17) is 11.6 Å². The summed E-state index contributed by atoms with van der Waals surface area (Å²) in [5.41, 5.74) is 1.58. The molecule has 0 unspecified atom stereocenters. The van der Waals surface area contributed by atoms with E-state index in [9.17, 15) is 0 Å². The Labute approximate surface area is 130 Å². The van der Waals surface area contributed by atoms with Gasteiger partial charge in [0.2, 0.25) is 0 Å². The smallest absolute Gasteiger partial charge is 0.0568 e. The minimum Gasteiger partial charge on any atom is -0.382 e. The van der Waals surface area contributed by atoms with Gasteiger partial charge >= 0.3 is 0 Å². The fourth-order valence-corrected chi connectivity index (χ4v) is 3.35. The van der Waals surface area contributed by atoms with E-state index in [0.717, 1.165) is 21.1 Å². The zero-order chi connectivity index (χ0) is 14.0. The average Bonchev–Trinajstić information content (AvgIpc) is 2.33. The SMILES string of the molecule is CC(C)(C)C1CCC(Nc2ccc(Br)c(Cl)c2)CC1. The van der Waals surface area contributed by atoms with E-state index in [1.165, 1.54) is 25.7 Å². The van der Waals surface area contributed by atoms with Gasteiger partial charge in [-0.25, -0.2) is 0 Å². The van der Waals surface area contributed by atoms with Gasteiger partial charge in [0.1, 0.15) is 0 Å². The molecule has 0 atom stereocenters. The van der Waals surface area contributed by atoms with E-state index in [0.29, 0.717) is 11.5 Å². The summed E-state index contributed by atoms with van der Waals surface area (Å²) >= 11 is 9.55. The lowest BCUT2D eigenvalue weighted by atomic mass is 9.71. The molecule has 0 aliphatic heterocycles. The van der Waals surface area contributed by atoms with E-state index in [1.807, 2.05) is 12.1 Å². The Morgan fingerprint density at radius 3 is 2.32 bits per heavy atom. The second-order valence-corrected chi connectivity index (χ2v) is 7.95. The summed E-state index contributed by atoms with van der Waals surface area (Å²) in [5, 5.41) is 4.39.